The first-order chi connectivity index (χ1) is 9.11. The predicted octanol–water partition coefficient (Wildman–Crippen LogP) is 3.45. The molecule has 0 saturated carbocycles. The standard InChI is InChI=1S/C14H14BrN3O/c1-9-3-4-10(15)7-12(9)18-14(19)11-5-6-17-8-13(11)16-2/h3-8,16H,1-2H3,(H,18,19). The highest BCUT2D eigenvalue weighted by atomic mass is 79.9. The van der Waals surface area contributed by atoms with Crippen LogP contribution in [0.3, 0.4) is 0 Å². The maximum Gasteiger partial charge on any atom is 0.257 e. The number of hydrogen-bond acceptors (Lipinski definition) is 3. The van der Waals surface area contributed by atoms with Crippen molar-refractivity contribution in [3.05, 3.63) is 52.3 Å². The fourth-order valence-corrected chi connectivity index (χ4v) is 2.07. The van der Waals surface area contributed by atoms with Crippen LogP contribution in [-0.4, -0.2) is 17.9 Å². The molecule has 4 nitrogen and oxygen atoms in total. The summed E-state index contributed by atoms with van der Waals surface area (Å²) in [5, 5.41) is 5.86. The number of nitrogens with zero attached hydrogens (tertiary/aromatic N) is 1. The lowest BCUT2D eigenvalue weighted by Crippen LogP contribution is -2.14. The summed E-state index contributed by atoms with van der Waals surface area (Å²) in [6, 6.07) is 7.46. The van der Waals surface area contributed by atoms with Gasteiger partial charge in [-0.3, -0.25) is 9.78 Å². The van der Waals surface area contributed by atoms with Crippen molar-refractivity contribution in [3.63, 3.8) is 0 Å². The molecule has 1 amide bonds. The molecule has 2 rings (SSSR count). The molecular weight excluding hydrogens is 306 g/mol. The van der Waals surface area contributed by atoms with Gasteiger partial charge in [-0.25, -0.2) is 0 Å². The molecule has 0 aliphatic rings. The summed E-state index contributed by atoms with van der Waals surface area (Å²) < 4.78 is 0.928. The largest absolute Gasteiger partial charge is 0.386 e. The highest BCUT2D eigenvalue weighted by Crippen LogP contribution is 2.22. The van der Waals surface area contributed by atoms with Crippen LogP contribution in [0.25, 0.3) is 0 Å². The van der Waals surface area contributed by atoms with Crippen LogP contribution in [0, 0.1) is 6.92 Å². The molecule has 5 heteroatoms. The van der Waals surface area contributed by atoms with Gasteiger partial charge in [0.25, 0.3) is 5.91 Å². The Morgan fingerprint density at radius 1 is 1.26 bits per heavy atom. The molecule has 98 valence electrons. The summed E-state index contributed by atoms with van der Waals surface area (Å²) in [4.78, 5) is 16.3. The number of halogens is 1. The Kier molecular flexibility index (Phi) is 4.16. The van der Waals surface area contributed by atoms with Gasteiger partial charge in [0, 0.05) is 23.4 Å². The average Bonchev–Trinajstić information content (AvgIpc) is 2.42. The van der Waals surface area contributed by atoms with E-state index in [0.717, 1.165) is 15.7 Å². The Morgan fingerprint density at radius 2 is 2.05 bits per heavy atom. The highest BCUT2D eigenvalue weighted by Gasteiger charge is 2.11. The van der Waals surface area contributed by atoms with E-state index in [1.54, 1.807) is 25.5 Å². The third-order valence-electron chi connectivity index (χ3n) is 2.78. The van der Waals surface area contributed by atoms with Crippen LogP contribution in [0.5, 0.6) is 0 Å². The summed E-state index contributed by atoms with van der Waals surface area (Å²) in [6.45, 7) is 1.95. The minimum absolute atomic E-state index is 0.159. The van der Waals surface area contributed by atoms with Crippen molar-refractivity contribution in [1.82, 2.24) is 4.98 Å². The van der Waals surface area contributed by atoms with Gasteiger partial charge in [0.1, 0.15) is 0 Å². The number of pyridine rings is 1. The number of rotatable bonds is 3. The van der Waals surface area contributed by atoms with Crippen molar-refractivity contribution < 1.29 is 4.79 Å². The van der Waals surface area contributed by atoms with Gasteiger partial charge in [0.2, 0.25) is 0 Å². The van der Waals surface area contributed by atoms with Crippen molar-refractivity contribution in [1.29, 1.82) is 0 Å². The molecule has 0 unspecified atom stereocenters. The Morgan fingerprint density at radius 3 is 2.79 bits per heavy atom. The molecule has 0 fully saturated rings. The van der Waals surface area contributed by atoms with Gasteiger partial charge in [-0.1, -0.05) is 22.0 Å². The highest BCUT2D eigenvalue weighted by molar-refractivity contribution is 9.10. The van der Waals surface area contributed by atoms with Crippen molar-refractivity contribution in [2.75, 3.05) is 17.7 Å². The molecular formula is C14H14BrN3O. The van der Waals surface area contributed by atoms with Crippen LogP contribution in [0.15, 0.2) is 41.1 Å². The summed E-state index contributed by atoms with van der Waals surface area (Å²) in [5.74, 6) is -0.159. The van der Waals surface area contributed by atoms with Crippen molar-refractivity contribution in [2.45, 2.75) is 6.92 Å². The Labute approximate surface area is 120 Å². The first-order valence-corrected chi connectivity index (χ1v) is 6.60. The number of nitrogens with one attached hydrogen (secondary N) is 2. The van der Waals surface area contributed by atoms with E-state index in [9.17, 15) is 4.79 Å². The maximum atomic E-state index is 12.3. The lowest BCUT2D eigenvalue weighted by Gasteiger charge is -2.11. The Bertz CT molecular complexity index is 613. The molecule has 1 aromatic carbocycles. The lowest BCUT2D eigenvalue weighted by atomic mass is 10.1. The van der Waals surface area contributed by atoms with Crippen LogP contribution in [0.2, 0.25) is 0 Å². The van der Waals surface area contributed by atoms with Gasteiger partial charge in [-0.05, 0) is 30.7 Å². The second-order valence-electron chi connectivity index (χ2n) is 4.08. The molecule has 2 aromatic rings. The summed E-state index contributed by atoms with van der Waals surface area (Å²) in [5.41, 5.74) is 3.07. The third kappa shape index (κ3) is 3.12. The number of carbonyl (C=O) groups excluding carboxylic acids is 1. The molecule has 0 spiro atoms. The quantitative estimate of drug-likeness (QED) is 0.911. The average molecular weight is 320 g/mol. The Balaban J connectivity index is 2.28. The van der Waals surface area contributed by atoms with Crippen LogP contribution < -0.4 is 10.6 Å². The Hall–Kier alpha value is -1.88. The molecule has 0 aliphatic carbocycles. The van der Waals surface area contributed by atoms with Gasteiger partial charge < -0.3 is 10.6 Å². The predicted molar refractivity (Wildman–Crippen MR) is 80.6 cm³/mol. The first-order valence-electron chi connectivity index (χ1n) is 5.81. The number of hydrogen-bond donors (Lipinski definition) is 2. The fourth-order valence-electron chi connectivity index (χ4n) is 1.71. The number of carbonyl (C=O) groups is 1. The van der Waals surface area contributed by atoms with Crippen LogP contribution >= 0.6 is 15.9 Å². The molecule has 2 N–H and O–H groups in total. The fraction of sp³-hybridized carbons (Fsp3) is 0.143. The van der Waals surface area contributed by atoms with E-state index in [0.29, 0.717) is 11.3 Å². The van der Waals surface area contributed by atoms with E-state index in [1.807, 2.05) is 25.1 Å². The molecule has 19 heavy (non-hydrogen) atoms. The maximum absolute atomic E-state index is 12.3. The number of aryl methyl sites for hydroxylation is 1. The lowest BCUT2D eigenvalue weighted by molar-refractivity contribution is 0.102. The first kappa shape index (κ1) is 13.5. The van der Waals surface area contributed by atoms with Crippen molar-refractivity contribution in [3.8, 4) is 0 Å². The van der Waals surface area contributed by atoms with Gasteiger partial charge >= 0.3 is 0 Å². The summed E-state index contributed by atoms with van der Waals surface area (Å²) >= 11 is 3.40. The van der Waals surface area contributed by atoms with Crippen LogP contribution in [0.4, 0.5) is 11.4 Å². The zero-order valence-corrected chi connectivity index (χ0v) is 12.3. The summed E-state index contributed by atoms with van der Waals surface area (Å²) in [7, 11) is 1.76. The number of aromatic nitrogens is 1. The topological polar surface area (TPSA) is 54.0 Å². The van der Waals surface area contributed by atoms with Gasteiger partial charge in [-0.2, -0.15) is 0 Å². The van der Waals surface area contributed by atoms with E-state index in [4.69, 9.17) is 0 Å². The second-order valence-corrected chi connectivity index (χ2v) is 5.00. The van der Waals surface area contributed by atoms with Gasteiger partial charge in [0.15, 0.2) is 0 Å². The monoisotopic (exact) mass is 319 g/mol. The molecule has 0 saturated heterocycles. The van der Waals surface area contributed by atoms with Crippen LogP contribution in [0.1, 0.15) is 15.9 Å². The van der Waals surface area contributed by atoms with E-state index < -0.39 is 0 Å². The normalized spacial score (nSPS) is 10.1. The minimum atomic E-state index is -0.159. The smallest absolute Gasteiger partial charge is 0.257 e. The van der Waals surface area contributed by atoms with E-state index in [-0.39, 0.29) is 5.91 Å². The second kappa shape index (κ2) is 5.84. The number of benzene rings is 1. The molecule has 0 aliphatic heterocycles. The van der Waals surface area contributed by atoms with E-state index in [1.165, 1.54) is 0 Å². The zero-order valence-electron chi connectivity index (χ0n) is 10.7. The van der Waals surface area contributed by atoms with Crippen LogP contribution in [-0.2, 0) is 0 Å². The molecule has 1 heterocycles. The molecule has 1 aromatic heterocycles. The molecule has 0 radical (unpaired) electrons. The van der Waals surface area contributed by atoms with Crippen molar-refractivity contribution >= 4 is 33.2 Å². The minimum Gasteiger partial charge on any atom is -0.386 e. The van der Waals surface area contributed by atoms with Crippen molar-refractivity contribution in [2.24, 2.45) is 0 Å². The zero-order chi connectivity index (χ0) is 13.8. The molecule has 0 atom stereocenters. The van der Waals surface area contributed by atoms with E-state index >= 15 is 0 Å². The van der Waals surface area contributed by atoms with Gasteiger partial charge in [0.05, 0.1) is 17.4 Å². The van der Waals surface area contributed by atoms with Gasteiger partial charge in [-0.15, -0.1) is 0 Å². The third-order valence-corrected chi connectivity index (χ3v) is 3.28. The number of amides is 1. The SMILES string of the molecule is CNc1cnccc1C(=O)Nc1cc(Br)ccc1C. The summed E-state index contributed by atoms with van der Waals surface area (Å²) in [6.07, 6.45) is 3.23. The molecule has 0 bridgehead atoms. The van der Waals surface area contributed by atoms with E-state index in [2.05, 4.69) is 31.5 Å². The number of anilines is 2.